The predicted octanol–water partition coefficient (Wildman–Crippen LogP) is 4.41. The smallest absolute Gasteiger partial charge is 0.251 e. The Morgan fingerprint density at radius 2 is 1.69 bits per heavy atom. The zero-order valence-electron chi connectivity index (χ0n) is 16.7. The molecular weight excluding hydrogens is 362 g/mol. The van der Waals surface area contributed by atoms with Gasteiger partial charge in [-0.3, -0.25) is 0 Å². The van der Waals surface area contributed by atoms with Gasteiger partial charge in [-0.25, -0.2) is 10.0 Å². The van der Waals surface area contributed by atoms with E-state index in [-0.39, 0.29) is 11.9 Å². The second kappa shape index (κ2) is 7.75. The normalized spacial score (nSPS) is 18.6. The molecule has 4 rings (SSSR count). The third-order valence-electron chi connectivity index (χ3n) is 4.82. The average Bonchev–Trinajstić information content (AvgIpc) is 2.73. The van der Waals surface area contributed by atoms with E-state index in [4.69, 9.17) is 5.10 Å². The fourth-order valence-electron chi connectivity index (χ4n) is 3.22. The van der Waals surface area contributed by atoms with Gasteiger partial charge in [0.05, 0.1) is 11.4 Å². The summed E-state index contributed by atoms with van der Waals surface area (Å²) >= 11 is 0. The first kappa shape index (κ1) is 18.7. The molecular formula is C23H23N5O. The Hall–Kier alpha value is -3.67. The van der Waals surface area contributed by atoms with Crippen molar-refractivity contribution in [2.45, 2.75) is 13.0 Å². The van der Waals surface area contributed by atoms with Gasteiger partial charge in [0.1, 0.15) is 6.04 Å². The molecule has 29 heavy (non-hydrogen) atoms. The van der Waals surface area contributed by atoms with Crippen LogP contribution >= 0.6 is 0 Å². The Bertz CT molecular complexity index is 1050. The molecule has 0 bridgehead atoms. The molecule has 0 radical (unpaired) electrons. The minimum absolute atomic E-state index is 0.0498. The van der Waals surface area contributed by atoms with Crippen LogP contribution < -0.4 is 4.90 Å². The number of hydrogen-bond acceptors (Lipinski definition) is 6. The van der Waals surface area contributed by atoms with Crippen LogP contribution in [0.15, 0.2) is 87.7 Å². The fourth-order valence-corrected chi connectivity index (χ4v) is 3.22. The van der Waals surface area contributed by atoms with Crippen molar-refractivity contribution < 1.29 is 5.11 Å². The van der Waals surface area contributed by atoms with Crippen molar-refractivity contribution in [1.82, 2.24) is 5.01 Å². The maximum atomic E-state index is 10.1. The molecule has 2 aliphatic heterocycles. The second-order valence-electron chi connectivity index (χ2n) is 7.14. The van der Waals surface area contributed by atoms with Gasteiger partial charge < -0.3 is 10.0 Å². The van der Waals surface area contributed by atoms with E-state index >= 15 is 0 Å². The molecule has 0 unspecified atom stereocenters. The van der Waals surface area contributed by atoms with Crippen LogP contribution in [0.25, 0.3) is 6.08 Å². The van der Waals surface area contributed by atoms with Crippen molar-refractivity contribution in [2.24, 2.45) is 15.1 Å². The number of allylic oxidation sites excluding steroid dienone is 1. The van der Waals surface area contributed by atoms with E-state index in [1.165, 1.54) is 0 Å². The Morgan fingerprint density at radius 1 is 0.966 bits per heavy atom. The molecule has 0 saturated heterocycles. The molecule has 1 atom stereocenters. The number of guanidine groups is 1. The summed E-state index contributed by atoms with van der Waals surface area (Å²) in [6.45, 7) is 1.93. The zero-order valence-corrected chi connectivity index (χ0v) is 16.7. The molecule has 2 aliphatic rings. The molecule has 1 N–H and O–H groups in total. The van der Waals surface area contributed by atoms with E-state index in [0.717, 1.165) is 28.2 Å². The Morgan fingerprint density at radius 3 is 2.38 bits per heavy atom. The molecule has 0 amide bonds. The highest BCUT2D eigenvalue weighted by Crippen LogP contribution is 2.30. The predicted molar refractivity (Wildman–Crippen MR) is 120 cm³/mol. The molecule has 6 heteroatoms. The Balaban J connectivity index is 1.60. The first-order chi connectivity index (χ1) is 14.0. The lowest BCUT2D eigenvalue weighted by atomic mass is 10.1. The van der Waals surface area contributed by atoms with Crippen molar-refractivity contribution >= 4 is 29.1 Å². The van der Waals surface area contributed by atoms with Crippen molar-refractivity contribution in [1.29, 1.82) is 0 Å². The van der Waals surface area contributed by atoms with E-state index in [0.29, 0.717) is 5.96 Å². The fraction of sp³-hybridized carbons (Fsp3) is 0.174. The van der Waals surface area contributed by atoms with Gasteiger partial charge in [-0.2, -0.15) is 10.1 Å². The standard InChI is InChI=1S/C23H23N5O/c1-16-20(14-11-17-9-12-19(13-10-17)27(2)3)24-23-25-22(29)15-21(28(23)26-16)18-7-5-4-6-8-18/h4-15,21,29H,1-3H3/b14-11+/t21-/m0/s1. The van der Waals surface area contributed by atoms with Gasteiger partial charge in [0.25, 0.3) is 5.96 Å². The Kier molecular flexibility index (Phi) is 4.99. The number of aliphatic hydroxyl groups is 1. The van der Waals surface area contributed by atoms with Crippen LogP contribution in [0.2, 0.25) is 0 Å². The van der Waals surface area contributed by atoms with Crippen LogP contribution in [0.5, 0.6) is 0 Å². The molecule has 0 saturated carbocycles. The summed E-state index contributed by atoms with van der Waals surface area (Å²) in [6, 6.07) is 17.9. The SMILES string of the molecule is CC1=NN2C(=NC(O)=C[C@H]2c2ccccc2)N=C1/C=C/c1ccc(N(C)C)cc1. The molecule has 2 aromatic rings. The number of anilines is 1. The van der Waals surface area contributed by atoms with E-state index in [1.807, 2.05) is 63.5 Å². The maximum absolute atomic E-state index is 10.1. The number of aliphatic hydroxyl groups excluding tert-OH is 1. The van der Waals surface area contributed by atoms with Crippen LogP contribution in [0.3, 0.4) is 0 Å². The van der Waals surface area contributed by atoms with Gasteiger partial charge >= 0.3 is 0 Å². The van der Waals surface area contributed by atoms with Crippen molar-refractivity contribution in [3.63, 3.8) is 0 Å². The minimum atomic E-state index is -0.244. The van der Waals surface area contributed by atoms with Gasteiger partial charge in [0.15, 0.2) is 0 Å². The minimum Gasteiger partial charge on any atom is -0.493 e. The lowest BCUT2D eigenvalue weighted by Gasteiger charge is -2.31. The monoisotopic (exact) mass is 385 g/mol. The third-order valence-corrected chi connectivity index (χ3v) is 4.82. The molecule has 2 heterocycles. The zero-order chi connectivity index (χ0) is 20.4. The second-order valence-corrected chi connectivity index (χ2v) is 7.14. The quantitative estimate of drug-likeness (QED) is 0.848. The number of nitrogens with zero attached hydrogens (tertiary/aromatic N) is 5. The number of rotatable bonds is 4. The highest BCUT2D eigenvalue weighted by molar-refractivity contribution is 6.48. The van der Waals surface area contributed by atoms with Crippen LogP contribution in [0.1, 0.15) is 24.1 Å². The molecule has 146 valence electrons. The summed E-state index contributed by atoms with van der Waals surface area (Å²) in [5.74, 6) is 0.332. The van der Waals surface area contributed by atoms with Crippen LogP contribution in [0.4, 0.5) is 5.69 Å². The number of hydrogen-bond donors (Lipinski definition) is 1. The first-order valence-corrected chi connectivity index (χ1v) is 9.44. The van der Waals surface area contributed by atoms with E-state index < -0.39 is 0 Å². The molecule has 6 nitrogen and oxygen atoms in total. The summed E-state index contributed by atoms with van der Waals surface area (Å²) in [5, 5.41) is 16.6. The number of aliphatic imine (C=N–C) groups is 2. The van der Waals surface area contributed by atoms with Crippen LogP contribution in [-0.2, 0) is 0 Å². The summed E-state index contributed by atoms with van der Waals surface area (Å²) in [6.07, 6.45) is 5.61. The lowest BCUT2D eigenvalue weighted by molar-refractivity contribution is 0.329. The molecule has 0 fully saturated rings. The van der Waals surface area contributed by atoms with Crippen molar-refractivity contribution in [3.05, 3.63) is 83.8 Å². The molecule has 0 spiro atoms. The summed E-state index contributed by atoms with van der Waals surface area (Å²) < 4.78 is 0. The molecule has 0 aliphatic carbocycles. The van der Waals surface area contributed by atoms with Crippen molar-refractivity contribution in [3.8, 4) is 0 Å². The number of fused-ring (bicyclic) bond motifs is 1. The summed E-state index contributed by atoms with van der Waals surface area (Å²) in [7, 11) is 4.04. The third kappa shape index (κ3) is 3.96. The maximum Gasteiger partial charge on any atom is 0.251 e. The van der Waals surface area contributed by atoms with Gasteiger partial charge in [-0.05, 0) is 36.3 Å². The lowest BCUT2D eigenvalue weighted by Crippen LogP contribution is -2.37. The van der Waals surface area contributed by atoms with Crippen molar-refractivity contribution in [2.75, 3.05) is 19.0 Å². The highest BCUT2D eigenvalue weighted by atomic mass is 16.3. The number of hydrazone groups is 1. The van der Waals surface area contributed by atoms with Gasteiger partial charge in [0, 0.05) is 25.9 Å². The largest absolute Gasteiger partial charge is 0.493 e. The molecule has 2 aromatic carbocycles. The van der Waals surface area contributed by atoms with Gasteiger partial charge in [0.2, 0.25) is 5.88 Å². The summed E-state index contributed by atoms with van der Waals surface area (Å²) in [4.78, 5) is 10.9. The van der Waals surface area contributed by atoms with Gasteiger partial charge in [-0.15, -0.1) is 0 Å². The number of benzene rings is 2. The van der Waals surface area contributed by atoms with Gasteiger partial charge in [-0.1, -0.05) is 48.5 Å². The highest BCUT2D eigenvalue weighted by Gasteiger charge is 2.30. The summed E-state index contributed by atoms with van der Waals surface area (Å²) in [5.41, 5.74) is 4.75. The van der Waals surface area contributed by atoms with E-state index in [9.17, 15) is 5.11 Å². The van der Waals surface area contributed by atoms with Crippen LogP contribution in [-0.4, -0.2) is 41.6 Å². The van der Waals surface area contributed by atoms with Crippen LogP contribution in [0, 0.1) is 0 Å². The Labute approximate surface area is 170 Å². The van der Waals surface area contributed by atoms with E-state index in [1.54, 1.807) is 11.1 Å². The topological polar surface area (TPSA) is 63.8 Å². The van der Waals surface area contributed by atoms with E-state index in [2.05, 4.69) is 39.2 Å². The molecule has 0 aromatic heterocycles. The average molecular weight is 385 g/mol. The first-order valence-electron chi connectivity index (χ1n) is 9.44.